The van der Waals surface area contributed by atoms with E-state index in [0.717, 1.165) is 22.9 Å². The van der Waals surface area contributed by atoms with Crippen LogP contribution in [-0.2, 0) is 4.79 Å². The van der Waals surface area contributed by atoms with Crippen molar-refractivity contribution in [1.82, 2.24) is 0 Å². The molecular formula is C17H12N2O2. The van der Waals surface area contributed by atoms with E-state index in [-0.39, 0.29) is 0 Å². The molecule has 0 bridgehead atoms. The predicted octanol–water partition coefficient (Wildman–Crippen LogP) is 3.41. The Hall–Kier alpha value is -3.19. The molecule has 0 spiro atoms. The summed E-state index contributed by atoms with van der Waals surface area (Å²) in [7, 11) is 0. The van der Waals surface area contributed by atoms with Crippen LogP contribution in [0.3, 0.4) is 0 Å². The van der Waals surface area contributed by atoms with Gasteiger partial charge in [-0.25, -0.2) is 4.79 Å². The molecule has 102 valence electrons. The molecule has 0 amide bonds. The highest BCUT2D eigenvalue weighted by Crippen LogP contribution is 2.14. The molecule has 0 saturated heterocycles. The molecule has 0 aliphatic carbocycles. The average Bonchev–Trinajstić information content (AvgIpc) is 2.52. The standard InChI is InChI=1S/C17H12N2O2/c18-11-14-1-3-15(4-2-14)12-19-16-8-5-13(6-9-16)7-10-17(20)21/h1-10,12H,(H,20,21)/b10-7+,19-12+. The van der Waals surface area contributed by atoms with Crippen LogP contribution in [0.25, 0.3) is 6.08 Å². The first-order valence-corrected chi connectivity index (χ1v) is 6.23. The second-order valence-corrected chi connectivity index (χ2v) is 4.26. The van der Waals surface area contributed by atoms with E-state index < -0.39 is 5.97 Å². The number of nitriles is 1. The number of carboxylic acid groups (broad SMARTS) is 1. The van der Waals surface area contributed by atoms with Crippen LogP contribution in [0.5, 0.6) is 0 Å². The summed E-state index contributed by atoms with van der Waals surface area (Å²) in [5, 5.41) is 17.3. The van der Waals surface area contributed by atoms with Crippen LogP contribution >= 0.6 is 0 Å². The molecule has 0 fully saturated rings. The lowest BCUT2D eigenvalue weighted by molar-refractivity contribution is -0.131. The van der Waals surface area contributed by atoms with Gasteiger partial charge in [-0.2, -0.15) is 5.26 Å². The maximum atomic E-state index is 10.4. The summed E-state index contributed by atoms with van der Waals surface area (Å²) < 4.78 is 0. The molecule has 0 aliphatic rings. The molecule has 0 heterocycles. The van der Waals surface area contributed by atoms with Gasteiger partial charge in [0.2, 0.25) is 0 Å². The van der Waals surface area contributed by atoms with Crippen LogP contribution in [0.4, 0.5) is 5.69 Å². The van der Waals surface area contributed by atoms with Gasteiger partial charge in [0.05, 0.1) is 17.3 Å². The highest BCUT2D eigenvalue weighted by molar-refractivity contribution is 5.85. The Labute approximate surface area is 122 Å². The first-order chi connectivity index (χ1) is 10.2. The Morgan fingerprint density at radius 1 is 1.05 bits per heavy atom. The van der Waals surface area contributed by atoms with Crippen molar-refractivity contribution in [2.45, 2.75) is 0 Å². The Balaban J connectivity index is 2.07. The fraction of sp³-hybridized carbons (Fsp3) is 0. The first-order valence-electron chi connectivity index (χ1n) is 6.23. The third-order valence-corrected chi connectivity index (χ3v) is 2.71. The van der Waals surface area contributed by atoms with Crippen molar-refractivity contribution in [2.24, 2.45) is 4.99 Å². The minimum atomic E-state index is -0.974. The number of aliphatic imine (C=N–C) groups is 1. The lowest BCUT2D eigenvalue weighted by Crippen LogP contribution is -1.85. The number of aliphatic carboxylic acids is 1. The Morgan fingerprint density at radius 2 is 1.67 bits per heavy atom. The minimum Gasteiger partial charge on any atom is -0.478 e. The van der Waals surface area contributed by atoms with E-state index in [0.29, 0.717) is 5.56 Å². The van der Waals surface area contributed by atoms with Gasteiger partial charge < -0.3 is 5.11 Å². The molecular weight excluding hydrogens is 264 g/mol. The van der Waals surface area contributed by atoms with E-state index in [2.05, 4.69) is 11.1 Å². The molecule has 2 aromatic rings. The third-order valence-electron chi connectivity index (χ3n) is 2.71. The van der Waals surface area contributed by atoms with Gasteiger partial charge in [0.25, 0.3) is 0 Å². The summed E-state index contributed by atoms with van der Waals surface area (Å²) in [5.74, 6) is -0.974. The smallest absolute Gasteiger partial charge is 0.328 e. The van der Waals surface area contributed by atoms with Crippen molar-refractivity contribution in [3.63, 3.8) is 0 Å². The topological polar surface area (TPSA) is 73.5 Å². The van der Waals surface area contributed by atoms with E-state index in [1.807, 2.05) is 24.3 Å². The Morgan fingerprint density at radius 3 is 2.24 bits per heavy atom. The van der Waals surface area contributed by atoms with Gasteiger partial charge in [-0.15, -0.1) is 0 Å². The molecule has 21 heavy (non-hydrogen) atoms. The molecule has 4 heteroatoms. The second-order valence-electron chi connectivity index (χ2n) is 4.26. The van der Waals surface area contributed by atoms with Crippen molar-refractivity contribution < 1.29 is 9.90 Å². The number of nitrogens with zero attached hydrogens (tertiary/aromatic N) is 2. The molecule has 4 nitrogen and oxygen atoms in total. The predicted molar refractivity (Wildman–Crippen MR) is 81.5 cm³/mol. The average molecular weight is 276 g/mol. The highest BCUT2D eigenvalue weighted by atomic mass is 16.4. The highest BCUT2D eigenvalue weighted by Gasteiger charge is 1.93. The number of hydrogen-bond acceptors (Lipinski definition) is 3. The molecule has 0 atom stereocenters. The molecule has 0 unspecified atom stereocenters. The van der Waals surface area contributed by atoms with Crippen molar-refractivity contribution in [3.05, 3.63) is 71.3 Å². The summed E-state index contributed by atoms with van der Waals surface area (Å²) in [6.45, 7) is 0. The normalized spacial score (nSPS) is 10.8. The summed E-state index contributed by atoms with van der Waals surface area (Å²) in [4.78, 5) is 14.7. The van der Waals surface area contributed by atoms with Gasteiger partial charge in [-0.05, 0) is 41.5 Å². The van der Waals surface area contributed by atoms with Gasteiger partial charge in [0.1, 0.15) is 0 Å². The fourth-order valence-electron chi connectivity index (χ4n) is 1.63. The van der Waals surface area contributed by atoms with Gasteiger partial charge in [-0.1, -0.05) is 24.3 Å². The van der Waals surface area contributed by atoms with Gasteiger partial charge >= 0.3 is 5.97 Å². The van der Waals surface area contributed by atoms with Gasteiger partial charge in [-0.3, -0.25) is 4.99 Å². The van der Waals surface area contributed by atoms with Crippen LogP contribution in [0, 0.1) is 11.3 Å². The van der Waals surface area contributed by atoms with Crippen LogP contribution < -0.4 is 0 Å². The van der Waals surface area contributed by atoms with Crippen LogP contribution in [0.2, 0.25) is 0 Å². The lowest BCUT2D eigenvalue weighted by Gasteiger charge is -1.96. The molecule has 2 rings (SSSR count). The molecule has 0 radical (unpaired) electrons. The van der Waals surface area contributed by atoms with Gasteiger partial charge in [0.15, 0.2) is 0 Å². The molecule has 0 aliphatic heterocycles. The molecule has 1 N–H and O–H groups in total. The van der Waals surface area contributed by atoms with E-state index in [9.17, 15) is 4.79 Å². The van der Waals surface area contributed by atoms with Crippen molar-refractivity contribution in [1.29, 1.82) is 5.26 Å². The summed E-state index contributed by atoms with van der Waals surface area (Å²) >= 11 is 0. The third kappa shape index (κ3) is 4.44. The largest absolute Gasteiger partial charge is 0.478 e. The maximum absolute atomic E-state index is 10.4. The quantitative estimate of drug-likeness (QED) is 0.687. The van der Waals surface area contributed by atoms with Crippen molar-refractivity contribution >= 4 is 23.9 Å². The number of benzene rings is 2. The fourth-order valence-corrected chi connectivity index (χ4v) is 1.63. The number of hydrogen-bond donors (Lipinski definition) is 1. The number of rotatable bonds is 4. The van der Waals surface area contributed by atoms with E-state index >= 15 is 0 Å². The first kappa shape index (κ1) is 14.2. The number of carboxylic acids is 1. The van der Waals surface area contributed by atoms with Crippen LogP contribution in [-0.4, -0.2) is 17.3 Å². The van der Waals surface area contributed by atoms with Crippen LogP contribution in [0.1, 0.15) is 16.7 Å². The SMILES string of the molecule is N#Cc1ccc(/C=N/c2ccc(/C=C/C(=O)O)cc2)cc1. The van der Waals surface area contributed by atoms with E-state index in [4.69, 9.17) is 10.4 Å². The summed E-state index contributed by atoms with van der Waals surface area (Å²) in [6, 6.07) is 16.4. The maximum Gasteiger partial charge on any atom is 0.328 e. The Bertz CT molecular complexity index is 721. The van der Waals surface area contributed by atoms with Crippen LogP contribution in [0.15, 0.2) is 59.6 Å². The zero-order chi connectivity index (χ0) is 15.1. The molecule has 0 saturated carbocycles. The minimum absolute atomic E-state index is 0.613. The second kappa shape index (κ2) is 6.83. The van der Waals surface area contributed by atoms with E-state index in [1.165, 1.54) is 6.08 Å². The number of carbonyl (C=O) groups is 1. The molecule has 2 aromatic carbocycles. The molecule has 0 aromatic heterocycles. The summed E-state index contributed by atoms with van der Waals surface area (Å²) in [6.07, 6.45) is 4.33. The van der Waals surface area contributed by atoms with Crippen molar-refractivity contribution in [2.75, 3.05) is 0 Å². The summed E-state index contributed by atoms with van der Waals surface area (Å²) in [5.41, 5.74) is 3.09. The van der Waals surface area contributed by atoms with Gasteiger partial charge in [0, 0.05) is 12.3 Å². The zero-order valence-electron chi connectivity index (χ0n) is 11.1. The van der Waals surface area contributed by atoms with E-state index in [1.54, 1.807) is 30.5 Å². The zero-order valence-corrected chi connectivity index (χ0v) is 11.1. The lowest BCUT2D eigenvalue weighted by atomic mass is 10.1. The van der Waals surface area contributed by atoms with Crippen molar-refractivity contribution in [3.8, 4) is 6.07 Å². The Kier molecular flexibility index (Phi) is 4.62. The monoisotopic (exact) mass is 276 g/mol.